The molecule has 1 aliphatic rings. The number of nitrogens with one attached hydrogen (secondary N) is 1. The van der Waals surface area contributed by atoms with Gasteiger partial charge in [0.1, 0.15) is 0 Å². The highest BCUT2D eigenvalue weighted by molar-refractivity contribution is 5.98. The van der Waals surface area contributed by atoms with Crippen molar-refractivity contribution in [2.75, 3.05) is 4.90 Å². The summed E-state index contributed by atoms with van der Waals surface area (Å²) in [5.41, 5.74) is 2.32. The van der Waals surface area contributed by atoms with E-state index >= 15 is 0 Å². The van der Waals surface area contributed by atoms with Crippen LogP contribution in [0.4, 0.5) is 11.4 Å². The maximum absolute atomic E-state index is 13.2. The van der Waals surface area contributed by atoms with E-state index in [1.165, 1.54) is 12.1 Å². The number of hydrogen-bond acceptors (Lipinski definition) is 4. The molecule has 1 aliphatic heterocycles. The van der Waals surface area contributed by atoms with Crippen molar-refractivity contribution in [2.45, 2.75) is 58.0 Å². The summed E-state index contributed by atoms with van der Waals surface area (Å²) in [6.07, 6.45) is 1.54. The third kappa shape index (κ3) is 4.50. The first-order chi connectivity index (χ1) is 14.3. The number of para-hydroxylation sites is 1. The monoisotopic (exact) mass is 409 g/mol. The fraction of sp³-hybridized carbons (Fsp3) is 0.391. The number of anilines is 1. The topological polar surface area (TPSA) is 92.6 Å². The van der Waals surface area contributed by atoms with Crippen LogP contribution in [0.3, 0.4) is 0 Å². The number of fused-ring (bicyclic) bond motifs is 1. The Bertz CT molecular complexity index is 942. The molecule has 0 radical (unpaired) electrons. The number of nitro groups is 1. The highest BCUT2D eigenvalue weighted by Crippen LogP contribution is 2.39. The summed E-state index contributed by atoms with van der Waals surface area (Å²) in [5, 5.41) is 13.9. The predicted octanol–water partition coefficient (Wildman–Crippen LogP) is 3.96. The second-order valence-electron chi connectivity index (χ2n) is 7.88. The van der Waals surface area contributed by atoms with Gasteiger partial charge in [0.2, 0.25) is 11.8 Å². The van der Waals surface area contributed by atoms with Gasteiger partial charge in [0.05, 0.1) is 17.3 Å². The molecule has 0 saturated heterocycles. The van der Waals surface area contributed by atoms with E-state index in [1.807, 2.05) is 45.0 Å². The van der Waals surface area contributed by atoms with E-state index in [0.29, 0.717) is 12.0 Å². The van der Waals surface area contributed by atoms with Crippen molar-refractivity contribution in [1.82, 2.24) is 5.32 Å². The van der Waals surface area contributed by atoms with Crippen molar-refractivity contribution in [3.05, 3.63) is 69.8 Å². The molecule has 0 spiro atoms. The smallest absolute Gasteiger partial charge is 0.269 e. The van der Waals surface area contributed by atoms with E-state index in [-0.39, 0.29) is 41.9 Å². The Labute approximate surface area is 176 Å². The zero-order valence-electron chi connectivity index (χ0n) is 17.5. The van der Waals surface area contributed by atoms with Crippen molar-refractivity contribution >= 4 is 23.2 Å². The number of nitrogens with zero attached hydrogens (tertiary/aromatic N) is 2. The van der Waals surface area contributed by atoms with Gasteiger partial charge in [0.25, 0.3) is 5.69 Å². The molecule has 3 atom stereocenters. The molecule has 0 fully saturated rings. The predicted molar refractivity (Wildman–Crippen MR) is 115 cm³/mol. The van der Waals surface area contributed by atoms with Crippen LogP contribution in [0.5, 0.6) is 0 Å². The molecular weight excluding hydrogens is 382 g/mol. The van der Waals surface area contributed by atoms with E-state index in [9.17, 15) is 19.7 Å². The fourth-order valence-corrected chi connectivity index (χ4v) is 3.88. The highest BCUT2D eigenvalue weighted by Gasteiger charge is 2.36. The number of amides is 2. The van der Waals surface area contributed by atoms with Crippen LogP contribution in [0.15, 0.2) is 48.5 Å². The van der Waals surface area contributed by atoms with Gasteiger partial charge in [0.15, 0.2) is 0 Å². The summed E-state index contributed by atoms with van der Waals surface area (Å²) in [5.74, 6) is -0.399. The number of hydrogen-bond donors (Lipinski definition) is 1. The Hall–Kier alpha value is -3.22. The van der Waals surface area contributed by atoms with Crippen molar-refractivity contribution < 1.29 is 14.5 Å². The van der Waals surface area contributed by atoms with E-state index in [2.05, 4.69) is 5.32 Å². The lowest BCUT2D eigenvalue weighted by Gasteiger charge is -2.39. The Morgan fingerprint density at radius 3 is 2.50 bits per heavy atom. The summed E-state index contributed by atoms with van der Waals surface area (Å²) >= 11 is 0. The Kier molecular flexibility index (Phi) is 6.50. The van der Waals surface area contributed by atoms with Gasteiger partial charge < -0.3 is 10.2 Å². The van der Waals surface area contributed by atoms with Crippen molar-refractivity contribution in [3.63, 3.8) is 0 Å². The number of carbonyl (C=O) groups is 2. The van der Waals surface area contributed by atoms with E-state index in [1.54, 1.807) is 17.0 Å². The number of carbonyl (C=O) groups excluding carboxylic acids is 2. The number of rotatable bonds is 6. The van der Waals surface area contributed by atoms with Gasteiger partial charge >= 0.3 is 0 Å². The molecule has 0 unspecified atom stereocenters. The quantitative estimate of drug-likeness (QED) is 0.577. The minimum absolute atomic E-state index is 0.00181. The third-order valence-electron chi connectivity index (χ3n) is 5.68. The maximum Gasteiger partial charge on any atom is 0.269 e. The van der Waals surface area contributed by atoms with Gasteiger partial charge in [-0.2, -0.15) is 0 Å². The van der Waals surface area contributed by atoms with E-state index < -0.39 is 4.92 Å². The SMILES string of the molecule is CC[C@H](C)NC(=O)[C@@H]1C[C@@H](C)N(C(=O)Cc2ccc([N+](=O)[O-])cc2)c2ccccc21. The molecule has 1 N–H and O–H groups in total. The molecular formula is C23H27N3O4. The second-order valence-corrected chi connectivity index (χ2v) is 7.88. The largest absolute Gasteiger partial charge is 0.353 e. The van der Waals surface area contributed by atoms with Gasteiger partial charge in [-0.25, -0.2) is 0 Å². The van der Waals surface area contributed by atoms with E-state index in [0.717, 1.165) is 17.7 Å². The highest BCUT2D eigenvalue weighted by atomic mass is 16.6. The minimum atomic E-state index is -0.459. The summed E-state index contributed by atoms with van der Waals surface area (Å²) in [7, 11) is 0. The Morgan fingerprint density at radius 1 is 1.20 bits per heavy atom. The average Bonchev–Trinajstić information content (AvgIpc) is 2.73. The molecule has 30 heavy (non-hydrogen) atoms. The lowest BCUT2D eigenvalue weighted by molar-refractivity contribution is -0.384. The first-order valence-corrected chi connectivity index (χ1v) is 10.3. The normalized spacial score (nSPS) is 19.0. The fourth-order valence-electron chi connectivity index (χ4n) is 3.88. The molecule has 7 heteroatoms. The van der Waals surface area contributed by atoms with Crippen LogP contribution in [0, 0.1) is 10.1 Å². The van der Waals surface area contributed by atoms with Gasteiger partial charge in [0, 0.05) is 29.9 Å². The first-order valence-electron chi connectivity index (χ1n) is 10.3. The molecule has 0 bridgehead atoms. The molecule has 0 saturated carbocycles. The molecule has 2 amide bonds. The van der Waals surface area contributed by atoms with Crippen LogP contribution >= 0.6 is 0 Å². The van der Waals surface area contributed by atoms with Crippen molar-refractivity contribution in [1.29, 1.82) is 0 Å². The molecule has 0 aromatic heterocycles. The zero-order valence-corrected chi connectivity index (χ0v) is 17.5. The molecule has 0 aliphatic carbocycles. The number of nitro benzene ring substituents is 1. The van der Waals surface area contributed by atoms with Crippen molar-refractivity contribution in [3.8, 4) is 0 Å². The maximum atomic E-state index is 13.2. The van der Waals surface area contributed by atoms with Crippen LogP contribution in [-0.4, -0.2) is 28.8 Å². The third-order valence-corrected chi connectivity index (χ3v) is 5.68. The van der Waals surface area contributed by atoms with Gasteiger partial charge in [-0.3, -0.25) is 19.7 Å². The van der Waals surface area contributed by atoms with Gasteiger partial charge in [-0.1, -0.05) is 37.3 Å². The van der Waals surface area contributed by atoms with Crippen LogP contribution in [-0.2, 0) is 16.0 Å². The summed E-state index contributed by atoms with van der Waals surface area (Å²) in [6.45, 7) is 5.96. The molecule has 3 rings (SSSR count). The van der Waals surface area contributed by atoms with Crippen LogP contribution < -0.4 is 10.2 Å². The zero-order chi connectivity index (χ0) is 21.8. The molecule has 2 aromatic rings. The van der Waals surface area contributed by atoms with E-state index in [4.69, 9.17) is 0 Å². The van der Waals surface area contributed by atoms with Crippen LogP contribution in [0.2, 0.25) is 0 Å². The lowest BCUT2D eigenvalue weighted by Crippen LogP contribution is -2.47. The molecule has 158 valence electrons. The summed E-state index contributed by atoms with van der Waals surface area (Å²) < 4.78 is 0. The standard InChI is InChI=1S/C23H27N3O4/c1-4-15(2)24-23(28)20-13-16(3)25(21-8-6-5-7-19(20)21)22(27)14-17-9-11-18(12-10-17)26(29)30/h5-12,15-16,20H,4,13-14H2,1-3H3,(H,24,28)/t15-,16+,20+/m0/s1. The van der Waals surface area contributed by atoms with Crippen LogP contribution in [0.25, 0.3) is 0 Å². The Morgan fingerprint density at radius 2 is 1.87 bits per heavy atom. The Balaban J connectivity index is 1.84. The van der Waals surface area contributed by atoms with Crippen molar-refractivity contribution in [2.24, 2.45) is 0 Å². The van der Waals surface area contributed by atoms with Crippen LogP contribution in [0.1, 0.15) is 50.7 Å². The molecule has 2 aromatic carbocycles. The first kappa shape index (κ1) is 21.5. The van der Waals surface area contributed by atoms with Gasteiger partial charge in [-0.15, -0.1) is 0 Å². The molecule has 1 heterocycles. The second kappa shape index (κ2) is 9.07. The summed E-state index contributed by atoms with van der Waals surface area (Å²) in [6, 6.07) is 13.5. The minimum Gasteiger partial charge on any atom is -0.353 e. The summed E-state index contributed by atoms with van der Waals surface area (Å²) in [4.78, 5) is 38.1. The lowest BCUT2D eigenvalue weighted by atomic mass is 9.85. The molecule has 7 nitrogen and oxygen atoms in total. The van der Waals surface area contributed by atoms with Gasteiger partial charge in [-0.05, 0) is 43.9 Å². The average molecular weight is 409 g/mol. The number of non-ortho nitro benzene ring substituents is 1. The number of benzene rings is 2.